The number of aryl methyl sites for hydroxylation is 2. The molecule has 3 aromatic rings. The first-order chi connectivity index (χ1) is 15.4. The van der Waals surface area contributed by atoms with Crippen LogP contribution in [0.15, 0.2) is 82.6 Å². The number of nitrogens with zero attached hydrogens (tertiary/aromatic N) is 1. The number of sulfonamides is 2. The van der Waals surface area contributed by atoms with E-state index in [0.717, 1.165) is 11.1 Å². The van der Waals surface area contributed by atoms with Crippen molar-refractivity contribution in [1.29, 1.82) is 0 Å². The smallest absolute Gasteiger partial charge is 0.323 e. The van der Waals surface area contributed by atoms with Gasteiger partial charge in [0.25, 0.3) is 20.0 Å². The Balaban J connectivity index is 2.22. The summed E-state index contributed by atoms with van der Waals surface area (Å²) in [5.74, 6) is -1.70. The number of benzene rings is 3. The first-order valence-corrected chi connectivity index (χ1v) is 12.7. The van der Waals surface area contributed by atoms with Gasteiger partial charge in [0, 0.05) is 6.42 Å². The van der Waals surface area contributed by atoms with Crippen molar-refractivity contribution in [2.45, 2.75) is 36.1 Å². The molecule has 0 heterocycles. The number of aliphatic carboxylic acids is 1. The van der Waals surface area contributed by atoms with Crippen molar-refractivity contribution < 1.29 is 31.8 Å². The van der Waals surface area contributed by atoms with Gasteiger partial charge < -0.3 is 10.2 Å². The Morgan fingerprint density at radius 3 is 1.52 bits per heavy atom. The maximum absolute atomic E-state index is 13.6. The highest BCUT2D eigenvalue weighted by atomic mass is 32.3. The molecule has 0 unspecified atom stereocenters. The molecule has 0 spiro atoms. The predicted octanol–water partition coefficient (Wildman–Crippen LogP) is 3.08. The molecule has 3 aromatic carbocycles. The van der Waals surface area contributed by atoms with Crippen molar-refractivity contribution in [1.82, 2.24) is 3.71 Å². The van der Waals surface area contributed by atoms with E-state index in [1.807, 2.05) is 0 Å². The average Bonchev–Trinajstić information content (AvgIpc) is 2.75. The van der Waals surface area contributed by atoms with Crippen LogP contribution in [-0.2, 0) is 31.3 Å². The van der Waals surface area contributed by atoms with E-state index < -0.39 is 38.5 Å². The van der Waals surface area contributed by atoms with Gasteiger partial charge in [-0.15, -0.1) is 0 Å². The summed E-state index contributed by atoms with van der Waals surface area (Å²) in [6.45, 7) is 3.48. The number of aromatic hydroxyl groups is 1. The van der Waals surface area contributed by atoms with E-state index in [1.165, 1.54) is 72.8 Å². The third-order valence-electron chi connectivity index (χ3n) is 5.02. The van der Waals surface area contributed by atoms with Crippen LogP contribution in [0.5, 0.6) is 5.75 Å². The Morgan fingerprint density at radius 2 is 1.15 bits per heavy atom. The normalized spacial score (nSPS) is 13.1. The summed E-state index contributed by atoms with van der Waals surface area (Å²) in [6, 6.07) is 14.4. The standard InChI is InChI=1S/C23H23NO7S2/c1-16-3-11-20(12-4-16)32(28,29)24(33(30,31)21-13-5-17(2)6-14-21)22(23(26)27)15-18-7-9-19(25)10-8-18/h3-14,22,25H,15H2,1-2H3,(H,26,27)/t22-/m0/s1. The SMILES string of the molecule is Cc1ccc(S(=O)(=O)N([C@@H](Cc2ccc(O)cc2)C(=O)O)S(=O)(=O)c2ccc(C)cc2)cc1. The van der Waals surface area contributed by atoms with Crippen LogP contribution in [0.2, 0.25) is 0 Å². The van der Waals surface area contributed by atoms with Gasteiger partial charge in [0.15, 0.2) is 0 Å². The highest BCUT2D eigenvalue weighted by Gasteiger charge is 2.45. The summed E-state index contributed by atoms with van der Waals surface area (Å²) in [6.07, 6.45) is -0.439. The average molecular weight is 490 g/mol. The molecule has 0 saturated carbocycles. The van der Waals surface area contributed by atoms with E-state index >= 15 is 0 Å². The van der Waals surface area contributed by atoms with E-state index in [1.54, 1.807) is 13.8 Å². The van der Waals surface area contributed by atoms with Gasteiger partial charge in [0.1, 0.15) is 11.8 Å². The fourth-order valence-corrected chi connectivity index (χ4v) is 7.12. The highest BCUT2D eigenvalue weighted by molar-refractivity contribution is 8.04. The Bertz CT molecular complexity index is 1270. The van der Waals surface area contributed by atoms with Gasteiger partial charge in [0.2, 0.25) is 0 Å². The van der Waals surface area contributed by atoms with Gasteiger partial charge in [0.05, 0.1) is 9.79 Å². The molecule has 8 nitrogen and oxygen atoms in total. The van der Waals surface area contributed by atoms with Gasteiger partial charge in [-0.05, 0) is 55.8 Å². The molecule has 0 bridgehead atoms. The molecular weight excluding hydrogens is 466 g/mol. The van der Waals surface area contributed by atoms with E-state index in [4.69, 9.17) is 0 Å². The maximum Gasteiger partial charge on any atom is 0.323 e. The van der Waals surface area contributed by atoms with Gasteiger partial charge in [-0.3, -0.25) is 4.79 Å². The third-order valence-corrected chi connectivity index (χ3v) is 9.39. The highest BCUT2D eigenvalue weighted by Crippen LogP contribution is 2.29. The number of hydrogen-bond donors (Lipinski definition) is 2. The number of carboxylic acids is 1. The van der Waals surface area contributed by atoms with Crippen molar-refractivity contribution in [2.24, 2.45) is 0 Å². The molecule has 1 atom stereocenters. The number of carbonyl (C=O) groups is 1. The van der Waals surface area contributed by atoms with Crippen LogP contribution in [0.4, 0.5) is 0 Å². The van der Waals surface area contributed by atoms with E-state index in [9.17, 15) is 31.8 Å². The van der Waals surface area contributed by atoms with Crippen molar-refractivity contribution in [2.75, 3.05) is 0 Å². The molecule has 0 radical (unpaired) electrons. The monoisotopic (exact) mass is 489 g/mol. The summed E-state index contributed by atoms with van der Waals surface area (Å²) in [5, 5.41) is 19.4. The van der Waals surface area contributed by atoms with Gasteiger partial charge >= 0.3 is 5.97 Å². The molecule has 174 valence electrons. The van der Waals surface area contributed by atoms with Gasteiger partial charge in [-0.25, -0.2) is 16.8 Å². The molecule has 0 aliphatic heterocycles. The molecule has 0 aliphatic rings. The summed E-state index contributed by atoms with van der Waals surface area (Å²) < 4.78 is 54.3. The molecule has 10 heteroatoms. The summed E-state index contributed by atoms with van der Waals surface area (Å²) in [4.78, 5) is 11.6. The zero-order chi connectivity index (χ0) is 24.4. The Labute approximate surface area is 192 Å². The first kappa shape index (κ1) is 24.4. The quantitative estimate of drug-likeness (QED) is 0.497. The third kappa shape index (κ3) is 5.24. The van der Waals surface area contributed by atoms with Crippen LogP contribution in [0.3, 0.4) is 0 Å². The minimum atomic E-state index is -4.79. The van der Waals surface area contributed by atoms with Crippen LogP contribution in [0.25, 0.3) is 0 Å². The maximum atomic E-state index is 13.6. The largest absolute Gasteiger partial charge is 0.508 e. The second-order valence-electron chi connectivity index (χ2n) is 7.59. The second kappa shape index (κ2) is 9.34. The van der Waals surface area contributed by atoms with Crippen LogP contribution >= 0.6 is 0 Å². The molecule has 3 rings (SSSR count). The summed E-state index contributed by atoms with van der Waals surface area (Å²) >= 11 is 0. The first-order valence-electron chi connectivity index (χ1n) is 9.86. The van der Waals surface area contributed by atoms with Crippen LogP contribution in [0, 0.1) is 13.8 Å². The van der Waals surface area contributed by atoms with E-state index in [0.29, 0.717) is 5.56 Å². The van der Waals surface area contributed by atoms with Crippen molar-refractivity contribution in [3.05, 3.63) is 89.5 Å². The lowest BCUT2D eigenvalue weighted by Gasteiger charge is -2.28. The topological polar surface area (TPSA) is 129 Å². The van der Waals surface area contributed by atoms with Crippen molar-refractivity contribution in [3.8, 4) is 5.75 Å². The van der Waals surface area contributed by atoms with Crippen LogP contribution in [0.1, 0.15) is 16.7 Å². The zero-order valence-electron chi connectivity index (χ0n) is 17.9. The van der Waals surface area contributed by atoms with Gasteiger partial charge in [-0.1, -0.05) is 51.2 Å². The zero-order valence-corrected chi connectivity index (χ0v) is 19.5. The molecule has 0 fully saturated rings. The molecule has 0 aromatic heterocycles. The summed E-state index contributed by atoms with van der Waals surface area (Å²) in [7, 11) is -9.58. The predicted molar refractivity (Wildman–Crippen MR) is 122 cm³/mol. The fourth-order valence-electron chi connectivity index (χ4n) is 3.20. The number of carboxylic acid groups (broad SMARTS) is 1. The summed E-state index contributed by atoms with van der Waals surface area (Å²) in [5.41, 5.74) is 1.84. The van der Waals surface area contributed by atoms with Gasteiger partial charge in [-0.2, -0.15) is 0 Å². The molecular formula is C23H23NO7S2. The van der Waals surface area contributed by atoms with Crippen LogP contribution in [-0.4, -0.2) is 42.8 Å². The van der Waals surface area contributed by atoms with E-state index in [-0.39, 0.29) is 19.3 Å². The van der Waals surface area contributed by atoms with Crippen LogP contribution < -0.4 is 0 Å². The molecule has 0 saturated heterocycles. The second-order valence-corrected chi connectivity index (χ2v) is 11.4. The lowest BCUT2D eigenvalue weighted by Crippen LogP contribution is -2.49. The number of phenols is 1. The van der Waals surface area contributed by atoms with Crippen molar-refractivity contribution in [3.63, 3.8) is 0 Å². The number of rotatable bonds is 8. The Morgan fingerprint density at radius 1 is 0.758 bits per heavy atom. The molecule has 0 amide bonds. The fraction of sp³-hybridized carbons (Fsp3) is 0.174. The Kier molecular flexibility index (Phi) is 6.92. The Hall–Kier alpha value is -3.21. The van der Waals surface area contributed by atoms with E-state index in [2.05, 4.69) is 0 Å². The number of hydrogen-bond acceptors (Lipinski definition) is 6. The molecule has 33 heavy (non-hydrogen) atoms. The molecule has 2 N–H and O–H groups in total. The minimum absolute atomic E-state index is 0.0676. The number of phenolic OH excluding ortho intramolecular Hbond substituents is 1. The van der Waals surface area contributed by atoms with Crippen molar-refractivity contribution >= 4 is 26.0 Å². The lowest BCUT2D eigenvalue weighted by atomic mass is 10.1. The molecule has 0 aliphatic carbocycles. The minimum Gasteiger partial charge on any atom is -0.508 e. The lowest BCUT2D eigenvalue weighted by molar-refractivity contribution is -0.140.